The third kappa shape index (κ3) is 10.1. The Bertz CT molecular complexity index is 927. The zero-order valence-electron chi connectivity index (χ0n) is 18.0. The van der Waals surface area contributed by atoms with Gasteiger partial charge in [-0.05, 0) is 49.7 Å². The van der Waals surface area contributed by atoms with Crippen molar-refractivity contribution in [3.63, 3.8) is 0 Å². The van der Waals surface area contributed by atoms with Crippen LogP contribution in [-0.2, 0) is 42.0 Å². The van der Waals surface area contributed by atoms with Gasteiger partial charge in [0.2, 0.25) is 0 Å². The Kier molecular flexibility index (Phi) is 10.9. The smallest absolute Gasteiger partial charge is 0.327 e. The quantitative estimate of drug-likeness (QED) is 0.259. The number of hydrogen-bond donors (Lipinski definition) is 1. The van der Waals surface area contributed by atoms with Crippen molar-refractivity contribution in [2.45, 2.75) is 50.2 Å². The van der Waals surface area contributed by atoms with Crippen molar-refractivity contribution in [3.8, 4) is 0 Å². The largest absolute Gasteiger partial charge is 0.466 e. The Hall–Kier alpha value is -2.71. The summed E-state index contributed by atoms with van der Waals surface area (Å²) in [5.41, 5.74) is 2.33. The van der Waals surface area contributed by atoms with Gasteiger partial charge in [-0.1, -0.05) is 60.7 Å². The van der Waals surface area contributed by atoms with Crippen molar-refractivity contribution in [1.29, 1.82) is 0 Å². The number of ether oxygens (including phenoxy) is 2. The second-order valence-electron chi connectivity index (χ2n) is 7.48. The summed E-state index contributed by atoms with van der Waals surface area (Å²) in [5.74, 6) is -2.01. The lowest BCUT2D eigenvalue weighted by atomic mass is 10.1. The number of aryl methyl sites for hydroxylation is 2. The number of carbonyl (C=O) groups excluding carboxylic acids is 2. The molecule has 32 heavy (non-hydrogen) atoms. The number of rotatable bonds is 14. The van der Waals surface area contributed by atoms with E-state index in [0.29, 0.717) is 12.8 Å². The van der Waals surface area contributed by atoms with Crippen molar-refractivity contribution in [2.75, 3.05) is 13.2 Å². The van der Waals surface area contributed by atoms with Crippen molar-refractivity contribution >= 4 is 22.1 Å². The van der Waals surface area contributed by atoms with Crippen LogP contribution in [-0.4, -0.2) is 43.4 Å². The van der Waals surface area contributed by atoms with E-state index in [2.05, 4.69) is 0 Å². The molecular formula is C24H30O7S. The summed E-state index contributed by atoms with van der Waals surface area (Å²) in [6.45, 7) is 0.116. The van der Waals surface area contributed by atoms with Crippen molar-refractivity contribution in [3.05, 3.63) is 71.8 Å². The maximum Gasteiger partial charge on any atom is 0.327 e. The molecule has 2 aromatic rings. The van der Waals surface area contributed by atoms with Gasteiger partial charge in [-0.3, -0.25) is 14.1 Å². The van der Waals surface area contributed by atoms with E-state index in [4.69, 9.17) is 9.47 Å². The van der Waals surface area contributed by atoms with Crippen LogP contribution in [0.25, 0.3) is 0 Å². The molecule has 0 fully saturated rings. The molecule has 2 aromatic carbocycles. The number of hydrogen-bond acceptors (Lipinski definition) is 6. The standard InChI is InChI=1S/C24H30O7S/c25-23(30-17-9-7-15-20-11-3-1-4-12-20)19-22(32(27,28)29)24(26)31-18-10-8-16-21-13-5-2-6-14-21/h1-6,11-14,22H,7-10,15-19H2,(H,27,28,29). The van der Waals surface area contributed by atoms with Gasteiger partial charge in [0.05, 0.1) is 19.6 Å². The summed E-state index contributed by atoms with van der Waals surface area (Å²) >= 11 is 0. The van der Waals surface area contributed by atoms with Crippen LogP contribution in [0.3, 0.4) is 0 Å². The molecule has 0 radical (unpaired) electrons. The summed E-state index contributed by atoms with van der Waals surface area (Å²) in [6, 6.07) is 19.7. The van der Waals surface area contributed by atoms with Crippen molar-refractivity contribution < 1.29 is 32.0 Å². The second kappa shape index (κ2) is 13.6. The molecule has 0 aliphatic rings. The lowest BCUT2D eigenvalue weighted by Crippen LogP contribution is -2.34. The molecule has 0 aromatic heterocycles. The molecule has 0 amide bonds. The van der Waals surface area contributed by atoms with E-state index < -0.39 is 33.7 Å². The van der Waals surface area contributed by atoms with Crippen LogP contribution in [0, 0.1) is 0 Å². The van der Waals surface area contributed by atoms with Crippen molar-refractivity contribution in [2.24, 2.45) is 0 Å². The molecule has 2 rings (SSSR count). The van der Waals surface area contributed by atoms with Gasteiger partial charge < -0.3 is 9.47 Å². The molecule has 174 valence electrons. The van der Waals surface area contributed by atoms with Gasteiger partial charge in [0.1, 0.15) is 0 Å². The van der Waals surface area contributed by atoms with Crippen LogP contribution in [0.2, 0.25) is 0 Å². The fourth-order valence-corrected chi connectivity index (χ4v) is 3.78. The zero-order valence-corrected chi connectivity index (χ0v) is 18.8. The highest BCUT2D eigenvalue weighted by Gasteiger charge is 2.35. The Morgan fingerprint density at radius 3 is 1.69 bits per heavy atom. The molecule has 0 aliphatic heterocycles. The highest BCUT2D eigenvalue weighted by Crippen LogP contribution is 2.11. The lowest BCUT2D eigenvalue weighted by molar-refractivity contribution is -0.150. The maximum atomic E-state index is 12.1. The molecule has 0 spiro atoms. The lowest BCUT2D eigenvalue weighted by Gasteiger charge is -2.13. The van der Waals surface area contributed by atoms with Gasteiger partial charge in [-0.25, -0.2) is 0 Å². The van der Waals surface area contributed by atoms with E-state index in [1.165, 1.54) is 5.56 Å². The van der Waals surface area contributed by atoms with Gasteiger partial charge in [0.25, 0.3) is 10.1 Å². The molecule has 8 heteroatoms. The molecule has 0 heterocycles. The summed E-state index contributed by atoms with van der Waals surface area (Å²) < 4.78 is 42.5. The molecule has 7 nitrogen and oxygen atoms in total. The van der Waals surface area contributed by atoms with Crippen LogP contribution in [0.5, 0.6) is 0 Å². The molecule has 0 saturated heterocycles. The van der Waals surface area contributed by atoms with Crippen LogP contribution in [0.15, 0.2) is 60.7 Å². The summed E-state index contributed by atoms with van der Waals surface area (Å²) in [7, 11) is -4.79. The minimum Gasteiger partial charge on any atom is -0.466 e. The van der Waals surface area contributed by atoms with Gasteiger partial charge in [-0.2, -0.15) is 8.42 Å². The summed E-state index contributed by atoms with van der Waals surface area (Å²) in [4.78, 5) is 24.1. The summed E-state index contributed by atoms with van der Waals surface area (Å²) in [6.07, 6.45) is 3.54. The molecule has 0 bridgehead atoms. The van der Waals surface area contributed by atoms with Crippen LogP contribution >= 0.6 is 0 Å². The van der Waals surface area contributed by atoms with Gasteiger partial charge in [0.15, 0.2) is 5.25 Å². The first-order valence-corrected chi connectivity index (χ1v) is 12.2. The third-order valence-corrected chi connectivity index (χ3v) is 5.97. The minimum absolute atomic E-state index is 0.00617. The molecule has 0 aliphatic carbocycles. The first-order chi connectivity index (χ1) is 15.4. The fourth-order valence-electron chi connectivity index (χ4n) is 3.12. The Morgan fingerprint density at radius 1 is 0.750 bits per heavy atom. The highest BCUT2D eigenvalue weighted by molar-refractivity contribution is 7.87. The Labute approximate surface area is 189 Å². The van der Waals surface area contributed by atoms with Gasteiger partial charge >= 0.3 is 11.9 Å². The Morgan fingerprint density at radius 2 is 1.22 bits per heavy atom. The number of carbonyl (C=O) groups is 2. The second-order valence-corrected chi connectivity index (χ2v) is 9.08. The molecule has 0 saturated carbocycles. The number of esters is 2. The molecular weight excluding hydrogens is 432 g/mol. The highest BCUT2D eigenvalue weighted by atomic mass is 32.2. The van der Waals surface area contributed by atoms with E-state index >= 15 is 0 Å². The first-order valence-electron chi connectivity index (χ1n) is 10.7. The average molecular weight is 463 g/mol. The summed E-state index contributed by atoms with van der Waals surface area (Å²) in [5, 5.41) is -1.98. The molecule has 1 atom stereocenters. The maximum absolute atomic E-state index is 12.1. The van der Waals surface area contributed by atoms with Gasteiger partial charge in [0, 0.05) is 0 Å². The Balaban J connectivity index is 1.67. The fraction of sp³-hybridized carbons (Fsp3) is 0.417. The zero-order chi connectivity index (χ0) is 23.2. The van der Waals surface area contributed by atoms with E-state index in [1.54, 1.807) is 0 Å². The average Bonchev–Trinajstić information content (AvgIpc) is 2.77. The van der Waals surface area contributed by atoms with Crippen LogP contribution in [0.1, 0.15) is 43.2 Å². The van der Waals surface area contributed by atoms with Crippen molar-refractivity contribution in [1.82, 2.24) is 0 Å². The van der Waals surface area contributed by atoms with Crippen LogP contribution < -0.4 is 0 Å². The predicted octanol–water partition coefficient (Wildman–Crippen LogP) is 3.77. The molecule has 1 unspecified atom stereocenters. The monoisotopic (exact) mass is 462 g/mol. The topological polar surface area (TPSA) is 107 Å². The predicted molar refractivity (Wildman–Crippen MR) is 121 cm³/mol. The third-order valence-electron chi connectivity index (χ3n) is 4.89. The van der Waals surface area contributed by atoms with E-state index in [1.807, 2.05) is 60.7 Å². The van der Waals surface area contributed by atoms with E-state index in [-0.39, 0.29) is 13.2 Å². The molecule has 1 N–H and O–H groups in total. The first kappa shape index (κ1) is 25.5. The van der Waals surface area contributed by atoms with E-state index in [9.17, 15) is 22.6 Å². The normalized spacial score (nSPS) is 12.2. The van der Waals surface area contributed by atoms with Gasteiger partial charge in [-0.15, -0.1) is 0 Å². The number of benzene rings is 2. The van der Waals surface area contributed by atoms with E-state index in [0.717, 1.165) is 31.2 Å². The minimum atomic E-state index is -4.79. The van der Waals surface area contributed by atoms with Crippen LogP contribution in [0.4, 0.5) is 0 Å². The number of unbranched alkanes of at least 4 members (excludes halogenated alkanes) is 2. The SMILES string of the molecule is O=C(CC(C(=O)OCCCCc1ccccc1)S(=O)(=O)O)OCCCCc1ccccc1.